The van der Waals surface area contributed by atoms with Gasteiger partial charge in [-0.05, 0) is 43.7 Å². The number of hydrogen-bond acceptors (Lipinski definition) is 6. The number of pyridine rings is 2. The summed E-state index contributed by atoms with van der Waals surface area (Å²) >= 11 is 1.57. The summed E-state index contributed by atoms with van der Waals surface area (Å²) in [4.78, 5) is 15.8. The molecule has 0 unspecified atom stereocenters. The Bertz CT molecular complexity index is 1060. The maximum atomic E-state index is 4.75. The minimum Gasteiger partial charge on any atom is -0.363 e. The number of thiazole rings is 1. The SMILES string of the molecule is Cc1ccn2c(-c3csc(Nc4ccc(N(C)C)nc4)n3)c(C)nc2c1. The number of rotatable bonds is 4. The third kappa shape index (κ3) is 3.01. The lowest BCUT2D eigenvalue weighted by Crippen LogP contribution is -2.10. The standard InChI is InChI=1S/C19H20N6S/c1-12-7-8-25-17(9-12)21-13(2)18(25)15-11-26-19(23-15)22-14-5-6-16(20-10-14)24(3)4/h5-11H,1-4H3,(H,22,23). The molecule has 0 atom stereocenters. The topological polar surface area (TPSA) is 58.4 Å². The number of fused-ring (bicyclic) bond motifs is 1. The summed E-state index contributed by atoms with van der Waals surface area (Å²) in [6.07, 6.45) is 3.87. The lowest BCUT2D eigenvalue weighted by molar-refractivity contribution is 1.07. The number of aromatic nitrogens is 4. The first-order valence-corrected chi connectivity index (χ1v) is 9.21. The summed E-state index contributed by atoms with van der Waals surface area (Å²) in [7, 11) is 3.95. The number of hydrogen-bond donors (Lipinski definition) is 1. The molecule has 0 radical (unpaired) electrons. The van der Waals surface area contributed by atoms with Crippen molar-refractivity contribution < 1.29 is 0 Å². The van der Waals surface area contributed by atoms with Crippen molar-refractivity contribution in [3.8, 4) is 11.4 Å². The molecule has 132 valence electrons. The summed E-state index contributed by atoms with van der Waals surface area (Å²) in [6, 6.07) is 8.15. The molecule has 0 bridgehead atoms. The van der Waals surface area contributed by atoms with Crippen molar-refractivity contribution in [3.63, 3.8) is 0 Å². The fourth-order valence-corrected chi connectivity index (χ4v) is 3.58. The predicted octanol–water partition coefficient (Wildman–Crippen LogP) is 4.28. The summed E-state index contributed by atoms with van der Waals surface area (Å²) < 4.78 is 2.09. The lowest BCUT2D eigenvalue weighted by Gasteiger charge is -2.11. The molecular weight excluding hydrogens is 344 g/mol. The van der Waals surface area contributed by atoms with Gasteiger partial charge in [0.1, 0.15) is 17.2 Å². The average Bonchev–Trinajstić information content (AvgIpc) is 3.18. The molecule has 0 fully saturated rings. The van der Waals surface area contributed by atoms with Gasteiger partial charge in [0.05, 0.1) is 23.3 Å². The van der Waals surface area contributed by atoms with E-state index >= 15 is 0 Å². The maximum absolute atomic E-state index is 4.75. The second-order valence-electron chi connectivity index (χ2n) is 6.44. The van der Waals surface area contributed by atoms with Crippen molar-refractivity contribution in [1.29, 1.82) is 0 Å². The molecule has 4 aromatic rings. The van der Waals surface area contributed by atoms with E-state index in [1.165, 1.54) is 5.56 Å². The van der Waals surface area contributed by atoms with Gasteiger partial charge in [-0.25, -0.2) is 15.0 Å². The third-order valence-electron chi connectivity index (χ3n) is 4.16. The quantitative estimate of drug-likeness (QED) is 0.586. The first-order valence-electron chi connectivity index (χ1n) is 8.33. The number of nitrogens with one attached hydrogen (secondary N) is 1. The first-order chi connectivity index (χ1) is 12.5. The zero-order valence-electron chi connectivity index (χ0n) is 15.2. The molecule has 1 N–H and O–H groups in total. The van der Waals surface area contributed by atoms with Crippen LogP contribution < -0.4 is 10.2 Å². The molecule has 0 aromatic carbocycles. The first kappa shape index (κ1) is 16.5. The molecule has 0 aliphatic heterocycles. The Balaban J connectivity index is 1.63. The molecule has 0 amide bonds. The number of anilines is 3. The molecule has 4 aromatic heterocycles. The lowest BCUT2D eigenvalue weighted by atomic mass is 10.2. The summed E-state index contributed by atoms with van der Waals surface area (Å²) in [6.45, 7) is 4.10. The van der Waals surface area contributed by atoms with E-state index in [1.54, 1.807) is 11.3 Å². The highest BCUT2D eigenvalue weighted by molar-refractivity contribution is 7.14. The van der Waals surface area contributed by atoms with Gasteiger partial charge >= 0.3 is 0 Å². The summed E-state index contributed by atoms with van der Waals surface area (Å²) in [5.41, 5.74) is 5.99. The van der Waals surface area contributed by atoms with Crippen LogP contribution in [0.4, 0.5) is 16.6 Å². The zero-order valence-corrected chi connectivity index (χ0v) is 16.0. The van der Waals surface area contributed by atoms with Crippen molar-refractivity contribution in [2.75, 3.05) is 24.3 Å². The Morgan fingerprint density at radius 2 is 1.96 bits per heavy atom. The van der Waals surface area contributed by atoms with Crippen LogP contribution in [0.2, 0.25) is 0 Å². The van der Waals surface area contributed by atoms with Gasteiger partial charge in [-0.15, -0.1) is 11.3 Å². The fraction of sp³-hybridized carbons (Fsp3) is 0.211. The smallest absolute Gasteiger partial charge is 0.187 e. The van der Waals surface area contributed by atoms with E-state index in [2.05, 4.69) is 50.3 Å². The Hall–Kier alpha value is -2.93. The molecule has 4 rings (SSSR count). The van der Waals surface area contributed by atoms with E-state index in [-0.39, 0.29) is 0 Å². The van der Waals surface area contributed by atoms with Crippen LogP contribution in [0.15, 0.2) is 42.0 Å². The molecule has 0 saturated carbocycles. The Morgan fingerprint density at radius 1 is 1.12 bits per heavy atom. The average molecular weight is 364 g/mol. The Morgan fingerprint density at radius 3 is 2.69 bits per heavy atom. The fourth-order valence-electron chi connectivity index (χ4n) is 2.86. The molecule has 7 heteroatoms. The monoisotopic (exact) mass is 364 g/mol. The summed E-state index contributed by atoms with van der Waals surface area (Å²) in [5, 5.41) is 6.22. The van der Waals surface area contributed by atoms with Gasteiger partial charge in [0.2, 0.25) is 0 Å². The third-order valence-corrected chi connectivity index (χ3v) is 4.92. The van der Waals surface area contributed by atoms with E-state index < -0.39 is 0 Å². The van der Waals surface area contributed by atoms with Crippen LogP contribution in [0.5, 0.6) is 0 Å². The number of imidazole rings is 1. The molecule has 0 aliphatic carbocycles. The normalized spacial score (nSPS) is 11.1. The van der Waals surface area contributed by atoms with E-state index in [0.717, 1.165) is 39.4 Å². The highest BCUT2D eigenvalue weighted by atomic mass is 32.1. The van der Waals surface area contributed by atoms with E-state index in [4.69, 9.17) is 4.98 Å². The van der Waals surface area contributed by atoms with Gasteiger partial charge in [-0.2, -0.15) is 0 Å². The van der Waals surface area contributed by atoms with Gasteiger partial charge in [0.25, 0.3) is 0 Å². The van der Waals surface area contributed by atoms with Crippen LogP contribution in [0, 0.1) is 13.8 Å². The Labute approximate surface area is 156 Å². The molecule has 0 saturated heterocycles. The van der Waals surface area contributed by atoms with Crippen molar-refractivity contribution in [2.45, 2.75) is 13.8 Å². The van der Waals surface area contributed by atoms with Crippen LogP contribution in [-0.4, -0.2) is 33.4 Å². The van der Waals surface area contributed by atoms with Crippen molar-refractivity contribution in [1.82, 2.24) is 19.4 Å². The number of aryl methyl sites for hydroxylation is 2. The van der Waals surface area contributed by atoms with Gasteiger partial charge in [0.15, 0.2) is 5.13 Å². The largest absolute Gasteiger partial charge is 0.363 e. The van der Waals surface area contributed by atoms with E-state index in [1.807, 2.05) is 44.2 Å². The van der Waals surface area contributed by atoms with Crippen molar-refractivity contribution in [3.05, 3.63) is 53.3 Å². The minimum absolute atomic E-state index is 0.834. The van der Waals surface area contributed by atoms with Crippen LogP contribution >= 0.6 is 11.3 Å². The highest BCUT2D eigenvalue weighted by Crippen LogP contribution is 2.30. The van der Waals surface area contributed by atoms with Gasteiger partial charge in [0, 0.05) is 25.7 Å². The van der Waals surface area contributed by atoms with Gasteiger partial charge in [-0.1, -0.05) is 0 Å². The molecule has 6 nitrogen and oxygen atoms in total. The van der Waals surface area contributed by atoms with E-state index in [0.29, 0.717) is 0 Å². The summed E-state index contributed by atoms with van der Waals surface area (Å²) in [5.74, 6) is 0.923. The Kier molecular flexibility index (Phi) is 4.08. The minimum atomic E-state index is 0.834. The van der Waals surface area contributed by atoms with Crippen molar-refractivity contribution in [2.24, 2.45) is 0 Å². The van der Waals surface area contributed by atoms with Gasteiger partial charge in [-0.3, -0.25) is 4.40 Å². The van der Waals surface area contributed by atoms with Crippen LogP contribution in [0.3, 0.4) is 0 Å². The van der Waals surface area contributed by atoms with Crippen LogP contribution in [0.1, 0.15) is 11.3 Å². The second-order valence-corrected chi connectivity index (χ2v) is 7.30. The van der Waals surface area contributed by atoms with E-state index in [9.17, 15) is 0 Å². The molecule has 26 heavy (non-hydrogen) atoms. The number of nitrogens with zero attached hydrogens (tertiary/aromatic N) is 5. The molecule has 0 spiro atoms. The second kappa shape index (κ2) is 6.42. The van der Waals surface area contributed by atoms with Crippen LogP contribution in [0.25, 0.3) is 17.0 Å². The highest BCUT2D eigenvalue weighted by Gasteiger charge is 2.14. The van der Waals surface area contributed by atoms with Crippen LogP contribution in [-0.2, 0) is 0 Å². The van der Waals surface area contributed by atoms with Gasteiger partial charge < -0.3 is 10.2 Å². The molecular formula is C19H20N6S. The molecule has 4 heterocycles. The predicted molar refractivity (Wildman–Crippen MR) is 108 cm³/mol. The molecule has 0 aliphatic rings. The maximum Gasteiger partial charge on any atom is 0.187 e. The van der Waals surface area contributed by atoms with Crippen molar-refractivity contribution >= 4 is 33.6 Å². The zero-order chi connectivity index (χ0) is 18.3.